The van der Waals surface area contributed by atoms with Gasteiger partial charge in [0.1, 0.15) is 0 Å². The molecule has 1 aliphatic heterocycles. The molecule has 1 aliphatic rings. The van der Waals surface area contributed by atoms with E-state index in [1.54, 1.807) is 43.2 Å². The average molecular weight is 785 g/mol. The van der Waals surface area contributed by atoms with Gasteiger partial charge in [0, 0.05) is 0 Å². The van der Waals surface area contributed by atoms with Crippen molar-refractivity contribution in [2.75, 3.05) is 19.4 Å². The normalized spacial score (nSPS) is 24.4. The molecule has 0 aromatic carbocycles. The molecule has 193 valence electrons. The van der Waals surface area contributed by atoms with Gasteiger partial charge in [-0.1, -0.05) is 0 Å². The van der Waals surface area contributed by atoms with E-state index in [9.17, 15) is 14.4 Å². The van der Waals surface area contributed by atoms with Crippen LogP contribution in [0.15, 0.2) is 17.6 Å². The summed E-state index contributed by atoms with van der Waals surface area (Å²) in [4.78, 5) is 22.8. The van der Waals surface area contributed by atoms with Crippen LogP contribution in [0.1, 0.15) is 27.2 Å². The van der Waals surface area contributed by atoms with Crippen LogP contribution in [0.25, 0.3) is 0 Å². The maximum absolute atomic E-state index is 11.6. The molecule has 0 aromatic heterocycles. The van der Waals surface area contributed by atoms with E-state index >= 15 is 0 Å². The molecule has 0 saturated carbocycles. The van der Waals surface area contributed by atoms with Gasteiger partial charge in [-0.3, -0.25) is 0 Å². The zero-order chi connectivity index (χ0) is 25.1. The summed E-state index contributed by atoms with van der Waals surface area (Å²) in [6.45, 7) is 13.9. The summed E-state index contributed by atoms with van der Waals surface area (Å²) in [7, 11) is 2.14. The molecule has 0 bridgehead atoms. The third-order valence-electron chi connectivity index (χ3n) is 3.69. The number of hydrogen-bond donors (Lipinski definition) is 2. The Hall–Kier alpha value is 2.32. The molecule has 0 aromatic rings. The minimum atomic E-state index is -4.46. The minimum absolute atomic E-state index is 0.0267. The van der Waals surface area contributed by atoms with Gasteiger partial charge in [-0.15, -0.1) is 0 Å². The van der Waals surface area contributed by atoms with Crippen molar-refractivity contribution in [3.05, 3.63) is 12.7 Å². The molecule has 16 heteroatoms. The third kappa shape index (κ3) is 14.7. The van der Waals surface area contributed by atoms with Gasteiger partial charge in [-0.05, 0) is 0 Å². The second-order valence-electron chi connectivity index (χ2n) is 7.64. The zero-order valence-electron chi connectivity index (χ0n) is 18.9. The number of alkyl halides is 1. The number of ether oxygens (including phenoxy) is 3. The fourth-order valence-corrected chi connectivity index (χ4v) is 10.0. The Morgan fingerprint density at radius 3 is 2.67 bits per heavy atom. The van der Waals surface area contributed by atoms with Crippen molar-refractivity contribution in [3.63, 3.8) is 0 Å². The van der Waals surface area contributed by atoms with E-state index in [4.69, 9.17) is 17.3 Å². The molecule has 8 nitrogen and oxygen atoms in total. The average Bonchev–Trinajstić information content (AvgIpc) is 3.07. The van der Waals surface area contributed by atoms with Crippen LogP contribution in [0.3, 0.4) is 0 Å². The molecule has 1 rings (SSSR count). The first-order valence-corrected chi connectivity index (χ1v) is 19.6. The molecule has 6 atom stereocenters. The Morgan fingerprint density at radius 2 is 2.12 bits per heavy atom. The molecule has 4 unspecified atom stereocenters. The first-order chi connectivity index (χ1) is 15.4. The Morgan fingerprint density at radius 1 is 1.42 bits per heavy atom. The summed E-state index contributed by atoms with van der Waals surface area (Å²) in [5.74, 6) is -1.39. The molecule has 1 saturated heterocycles. The van der Waals surface area contributed by atoms with E-state index in [0.717, 1.165) is 6.08 Å². The summed E-state index contributed by atoms with van der Waals surface area (Å²) >= 11 is 1.62. The van der Waals surface area contributed by atoms with Crippen LogP contribution in [-0.4, -0.2) is 78.7 Å². The van der Waals surface area contributed by atoms with Crippen molar-refractivity contribution in [3.8, 4) is 0 Å². The third-order valence-corrected chi connectivity index (χ3v) is 15.0. The van der Waals surface area contributed by atoms with Crippen LogP contribution >= 0.6 is 73.4 Å². The Balaban J connectivity index is 2.67. The van der Waals surface area contributed by atoms with Crippen LogP contribution in [0.2, 0.25) is 0 Å². The van der Waals surface area contributed by atoms with E-state index < -0.39 is 40.9 Å². The number of nitrogens with zero attached hydrogens (tertiary/aromatic N) is 1. The van der Waals surface area contributed by atoms with E-state index in [2.05, 4.69) is 66.8 Å². The van der Waals surface area contributed by atoms with Gasteiger partial charge >= 0.3 is 240 Å². The van der Waals surface area contributed by atoms with E-state index in [-0.39, 0.29) is 32.3 Å². The van der Waals surface area contributed by atoms with E-state index in [1.807, 2.05) is 6.26 Å². The standard InChI is InChI=1S/C17H31BI2NO7PS4/c1-7-14(29(22,23)24)25-10-12-11(27-15(9-21-5)31-30-6)8-13(26-12)18-20-28-16(19)32-33-17(2,3)4/h7,11-16H,1,5,8-10H2,2-4,6H3,(H2,22,23,24)/q-1/t11?,12-,13-,14?,15?,16?/m1/s1. The molecule has 0 amide bonds. The van der Waals surface area contributed by atoms with Gasteiger partial charge in [0.25, 0.3) is 0 Å². The van der Waals surface area contributed by atoms with Gasteiger partial charge in [-0.2, -0.15) is 0 Å². The van der Waals surface area contributed by atoms with Crippen molar-refractivity contribution in [2.24, 2.45) is 4.99 Å². The molecule has 1 radical (unpaired) electrons. The molecule has 1 fully saturated rings. The number of hydrogen-bond acceptors (Lipinski definition) is 10. The summed E-state index contributed by atoms with van der Waals surface area (Å²) in [6, 6.07) is -0.186. The molecule has 0 aliphatic carbocycles. The molecular formula is C17H31BI2NO7PS4-. The topological polar surface area (TPSA) is 107 Å². The van der Waals surface area contributed by atoms with Gasteiger partial charge < -0.3 is 0 Å². The monoisotopic (exact) mass is 785 g/mol. The molecule has 1 heterocycles. The second kappa shape index (κ2) is 17.0. The van der Waals surface area contributed by atoms with Gasteiger partial charge in [0.2, 0.25) is 0 Å². The van der Waals surface area contributed by atoms with Gasteiger partial charge in [0.15, 0.2) is 0 Å². The Labute approximate surface area is 237 Å². The maximum atomic E-state index is 11.6. The summed E-state index contributed by atoms with van der Waals surface area (Å²) in [6.07, 6.45) is 2.87. The van der Waals surface area contributed by atoms with Crippen molar-refractivity contribution >= 4 is 85.2 Å². The summed E-state index contributed by atoms with van der Waals surface area (Å²) < 4.78 is 35.5. The fraction of sp³-hybridized carbons (Fsp3) is 0.824. The molecule has 0 spiro atoms. The number of aliphatic imine (C=N–C) groups is 1. The molecule has 2 N–H and O–H groups in total. The first kappa shape index (κ1) is 33.4. The summed E-state index contributed by atoms with van der Waals surface area (Å²) in [5, 5.41) is 2.06. The van der Waals surface area contributed by atoms with E-state index in [0.29, 0.717) is 13.0 Å². The fourth-order valence-electron chi connectivity index (χ4n) is 2.44. The van der Waals surface area contributed by atoms with Crippen molar-refractivity contribution in [1.29, 1.82) is 0 Å². The summed E-state index contributed by atoms with van der Waals surface area (Å²) in [5.41, 5.74) is -0.208. The van der Waals surface area contributed by atoms with Crippen molar-refractivity contribution in [2.45, 2.75) is 64.9 Å². The van der Waals surface area contributed by atoms with E-state index in [1.165, 1.54) is 0 Å². The predicted octanol–water partition coefficient (Wildman–Crippen LogP) is 1.77. The van der Waals surface area contributed by atoms with Crippen LogP contribution in [0.5, 0.6) is 0 Å². The Kier molecular flexibility index (Phi) is 17.2. The predicted molar refractivity (Wildman–Crippen MR) is 149 cm³/mol. The van der Waals surface area contributed by atoms with Crippen LogP contribution in [0.4, 0.5) is 0 Å². The second-order valence-corrected chi connectivity index (χ2v) is 18.8. The van der Waals surface area contributed by atoms with Crippen LogP contribution < -0.4 is 21.4 Å². The SMILES string of the molecule is C=CC(OC[C@H]1O[C@@H]([B][I-]OC(I)SSC(C)(C)C)CC1OC(CN=C)SSC)P(=O)(O)O. The van der Waals surface area contributed by atoms with Crippen molar-refractivity contribution in [1.82, 2.24) is 0 Å². The van der Waals surface area contributed by atoms with Crippen molar-refractivity contribution < 1.29 is 53.0 Å². The quantitative estimate of drug-likeness (QED) is 0.0330. The first-order valence-electron chi connectivity index (χ1n) is 9.73. The zero-order valence-corrected chi connectivity index (χ0v) is 27.3. The molecular weight excluding hydrogens is 754 g/mol. The van der Waals surface area contributed by atoms with Gasteiger partial charge in [-0.25, -0.2) is 0 Å². The molecule has 33 heavy (non-hydrogen) atoms. The number of halogens is 2. The van der Waals surface area contributed by atoms with Gasteiger partial charge in [0.05, 0.1) is 0 Å². The van der Waals surface area contributed by atoms with Crippen LogP contribution in [-0.2, 0) is 21.8 Å². The number of rotatable bonds is 17. The Bertz CT molecular complexity index is 649. The van der Waals surface area contributed by atoms with Crippen LogP contribution in [0, 0.1) is 0 Å².